The molecule has 0 radical (unpaired) electrons. The second kappa shape index (κ2) is 8.66. The molecule has 1 aromatic heterocycles. The molecule has 2 heterocycles. The van der Waals surface area contributed by atoms with Crippen molar-refractivity contribution >= 4 is 10.9 Å². The molecule has 29 heavy (non-hydrogen) atoms. The Kier molecular flexibility index (Phi) is 5.99. The molecular formula is C24H30FN3O. The van der Waals surface area contributed by atoms with Crippen molar-refractivity contribution in [1.29, 1.82) is 0 Å². The Morgan fingerprint density at radius 2 is 1.86 bits per heavy atom. The van der Waals surface area contributed by atoms with Gasteiger partial charge >= 0.3 is 0 Å². The molecule has 0 amide bonds. The molecule has 4 nitrogen and oxygen atoms in total. The van der Waals surface area contributed by atoms with Crippen LogP contribution in [0.15, 0.2) is 42.5 Å². The standard InChI is InChI=1S/C24H30FN3O/c1-17-3-8-23-22(13-17)18(2)24(26-23)16-27-10-11-28(21(15-27)9-12-29)14-19-4-6-20(25)7-5-19/h3-8,13,21,26,29H,9-12,14-16H2,1-2H3/t21-/m1/s1. The van der Waals surface area contributed by atoms with Crippen molar-refractivity contribution in [3.8, 4) is 0 Å². The topological polar surface area (TPSA) is 42.5 Å². The van der Waals surface area contributed by atoms with Crippen molar-refractivity contribution < 1.29 is 9.50 Å². The highest BCUT2D eigenvalue weighted by Gasteiger charge is 2.27. The van der Waals surface area contributed by atoms with Gasteiger partial charge in [-0.05, 0) is 55.7 Å². The average molecular weight is 396 g/mol. The van der Waals surface area contributed by atoms with Crippen molar-refractivity contribution in [2.24, 2.45) is 0 Å². The van der Waals surface area contributed by atoms with E-state index in [2.05, 4.69) is 46.8 Å². The summed E-state index contributed by atoms with van der Waals surface area (Å²) < 4.78 is 13.2. The highest BCUT2D eigenvalue weighted by molar-refractivity contribution is 5.85. The molecular weight excluding hydrogens is 365 g/mol. The van der Waals surface area contributed by atoms with Crippen LogP contribution in [0.4, 0.5) is 4.39 Å². The predicted octanol–water partition coefficient (Wildman–Crippen LogP) is 3.99. The van der Waals surface area contributed by atoms with Crippen LogP contribution in [0.1, 0.15) is 28.8 Å². The van der Waals surface area contributed by atoms with E-state index in [-0.39, 0.29) is 12.4 Å². The van der Waals surface area contributed by atoms with Gasteiger partial charge in [-0.25, -0.2) is 4.39 Å². The van der Waals surface area contributed by atoms with E-state index >= 15 is 0 Å². The van der Waals surface area contributed by atoms with Gasteiger partial charge in [0.2, 0.25) is 0 Å². The van der Waals surface area contributed by atoms with E-state index in [1.165, 1.54) is 39.9 Å². The SMILES string of the molecule is Cc1ccc2[nH]c(CN3CCN(Cc4ccc(F)cc4)[C@H](CCO)C3)c(C)c2c1. The summed E-state index contributed by atoms with van der Waals surface area (Å²) in [4.78, 5) is 8.50. The molecule has 1 aliphatic rings. The monoisotopic (exact) mass is 395 g/mol. The maximum atomic E-state index is 13.2. The lowest BCUT2D eigenvalue weighted by atomic mass is 10.1. The lowest BCUT2D eigenvalue weighted by Crippen LogP contribution is -2.52. The molecule has 1 aliphatic heterocycles. The second-order valence-corrected chi connectivity index (χ2v) is 8.28. The first-order valence-electron chi connectivity index (χ1n) is 10.4. The molecule has 1 saturated heterocycles. The molecule has 2 aromatic carbocycles. The van der Waals surface area contributed by atoms with Gasteiger partial charge in [-0.1, -0.05) is 23.8 Å². The quantitative estimate of drug-likeness (QED) is 0.663. The highest BCUT2D eigenvalue weighted by Crippen LogP contribution is 2.25. The van der Waals surface area contributed by atoms with Crippen molar-refractivity contribution in [2.75, 3.05) is 26.2 Å². The van der Waals surface area contributed by atoms with Gasteiger partial charge in [0.25, 0.3) is 0 Å². The minimum absolute atomic E-state index is 0.184. The number of aliphatic hydroxyl groups excluding tert-OH is 1. The molecule has 0 unspecified atom stereocenters. The molecule has 0 spiro atoms. The Hall–Kier alpha value is -2.21. The lowest BCUT2D eigenvalue weighted by Gasteiger charge is -2.41. The lowest BCUT2D eigenvalue weighted by molar-refractivity contribution is 0.0494. The summed E-state index contributed by atoms with van der Waals surface area (Å²) in [6.07, 6.45) is 0.753. The number of aliphatic hydroxyl groups is 1. The van der Waals surface area contributed by atoms with E-state index in [1.54, 1.807) is 0 Å². The van der Waals surface area contributed by atoms with Crippen LogP contribution in [-0.2, 0) is 13.1 Å². The van der Waals surface area contributed by atoms with Crippen molar-refractivity contribution in [3.63, 3.8) is 0 Å². The number of hydrogen-bond acceptors (Lipinski definition) is 3. The Labute approximate surface area is 172 Å². The summed E-state index contributed by atoms with van der Waals surface area (Å²) in [5.74, 6) is -0.200. The number of aromatic nitrogens is 1. The molecule has 0 saturated carbocycles. The van der Waals surface area contributed by atoms with E-state index in [4.69, 9.17) is 0 Å². The molecule has 0 aliphatic carbocycles. The number of benzene rings is 2. The fourth-order valence-electron chi connectivity index (χ4n) is 4.43. The zero-order valence-corrected chi connectivity index (χ0v) is 17.3. The van der Waals surface area contributed by atoms with Gasteiger partial charge in [0, 0.05) is 62.0 Å². The first kappa shape index (κ1) is 20.1. The van der Waals surface area contributed by atoms with E-state index < -0.39 is 0 Å². The summed E-state index contributed by atoms with van der Waals surface area (Å²) in [5.41, 5.74) is 6.20. The van der Waals surface area contributed by atoms with Crippen LogP contribution in [0, 0.1) is 19.7 Å². The fraction of sp³-hybridized carbons (Fsp3) is 0.417. The number of piperazine rings is 1. The fourth-order valence-corrected chi connectivity index (χ4v) is 4.43. The van der Waals surface area contributed by atoms with Gasteiger partial charge in [-0.3, -0.25) is 9.80 Å². The zero-order chi connectivity index (χ0) is 20.4. The number of aromatic amines is 1. The third-order valence-corrected chi connectivity index (χ3v) is 6.15. The third kappa shape index (κ3) is 4.53. The number of halogens is 1. The summed E-state index contributed by atoms with van der Waals surface area (Å²) >= 11 is 0. The molecule has 0 bridgehead atoms. The van der Waals surface area contributed by atoms with Gasteiger partial charge in [0.1, 0.15) is 5.82 Å². The smallest absolute Gasteiger partial charge is 0.123 e. The van der Waals surface area contributed by atoms with Gasteiger partial charge in [-0.2, -0.15) is 0 Å². The van der Waals surface area contributed by atoms with Crippen molar-refractivity contribution in [2.45, 2.75) is 39.4 Å². The Morgan fingerprint density at radius 3 is 2.62 bits per heavy atom. The van der Waals surface area contributed by atoms with Crippen molar-refractivity contribution in [3.05, 3.63) is 70.7 Å². The Bertz CT molecular complexity index is 966. The van der Waals surface area contributed by atoms with Crippen LogP contribution in [0.5, 0.6) is 0 Å². The highest BCUT2D eigenvalue weighted by atomic mass is 19.1. The maximum Gasteiger partial charge on any atom is 0.123 e. The third-order valence-electron chi connectivity index (χ3n) is 6.15. The predicted molar refractivity (Wildman–Crippen MR) is 115 cm³/mol. The van der Waals surface area contributed by atoms with Crippen molar-refractivity contribution in [1.82, 2.24) is 14.8 Å². The van der Waals surface area contributed by atoms with Crippen LogP contribution < -0.4 is 0 Å². The van der Waals surface area contributed by atoms with Gasteiger partial charge < -0.3 is 10.1 Å². The van der Waals surface area contributed by atoms with Crippen LogP contribution in [0.3, 0.4) is 0 Å². The molecule has 4 rings (SSSR count). The van der Waals surface area contributed by atoms with E-state index in [1.807, 2.05) is 12.1 Å². The van der Waals surface area contributed by atoms with Gasteiger partial charge in [0.05, 0.1) is 0 Å². The first-order chi connectivity index (χ1) is 14.0. The van der Waals surface area contributed by atoms with E-state index in [9.17, 15) is 9.50 Å². The minimum atomic E-state index is -0.200. The van der Waals surface area contributed by atoms with E-state index in [0.29, 0.717) is 6.04 Å². The molecule has 1 atom stereocenters. The summed E-state index contributed by atoms with van der Waals surface area (Å²) in [6.45, 7) is 9.06. The summed E-state index contributed by atoms with van der Waals surface area (Å²) in [7, 11) is 0. The van der Waals surface area contributed by atoms with Gasteiger partial charge in [-0.15, -0.1) is 0 Å². The number of nitrogens with zero attached hydrogens (tertiary/aromatic N) is 2. The summed E-state index contributed by atoms with van der Waals surface area (Å²) in [5, 5.41) is 10.9. The Balaban J connectivity index is 1.45. The van der Waals surface area contributed by atoms with Crippen LogP contribution in [0.25, 0.3) is 10.9 Å². The molecule has 1 fully saturated rings. The molecule has 3 aromatic rings. The molecule has 154 valence electrons. The van der Waals surface area contributed by atoms with Crippen LogP contribution in [-0.4, -0.2) is 52.2 Å². The Morgan fingerprint density at radius 1 is 1.07 bits per heavy atom. The average Bonchev–Trinajstić information content (AvgIpc) is 3.01. The molecule has 5 heteroatoms. The van der Waals surface area contributed by atoms with Crippen LogP contribution in [0.2, 0.25) is 0 Å². The van der Waals surface area contributed by atoms with Crippen LogP contribution >= 0.6 is 0 Å². The zero-order valence-electron chi connectivity index (χ0n) is 17.3. The number of fused-ring (bicyclic) bond motifs is 1. The first-order valence-corrected chi connectivity index (χ1v) is 10.4. The number of rotatable bonds is 6. The normalized spacial score (nSPS) is 18.6. The molecule has 2 N–H and O–H groups in total. The maximum absolute atomic E-state index is 13.2. The minimum Gasteiger partial charge on any atom is -0.396 e. The van der Waals surface area contributed by atoms with E-state index in [0.717, 1.165) is 44.7 Å². The summed E-state index contributed by atoms with van der Waals surface area (Å²) in [6, 6.07) is 13.6. The number of H-pyrrole nitrogens is 1. The largest absolute Gasteiger partial charge is 0.396 e. The number of aryl methyl sites for hydroxylation is 2. The number of hydrogen-bond donors (Lipinski definition) is 2. The second-order valence-electron chi connectivity index (χ2n) is 8.28. The van der Waals surface area contributed by atoms with Gasteiger partial charge in [0.15, 0.2) is 0 Å². The number of nitrogens with one attached hydrogen (secondary N) is 1.